The minimum Gasteiger partial charge on any atom is -0.493 e. The Morgan fingerprint density at radius 1 is 0.867 bits per heavy atom. The zero-order chi connectivity index (χ0) is 21.7. The van der Waals surface area contributed by atoms with E-state index in [1.54, 1.807) is 32.4 Å². The van der Waals surface area contributed by atoms with Crippen LogP contribution < -0.4 is 14.8 Å². The smallest absolute Gasteiger partial charge is 0.161 e. The molecule has 0 amide bonds. The van der Waals surface area contributed by atoms with Crippen LogP contribution in [0.25, 0.3) is 0 Å². The average molecular weight is 558 g/mol. The van der Waals surface area contributed by atoms with Gasteiger partial charge in [0.15, 0.2) is 11.5 Å². The molecule has 0 radical (unpaired) electrons. The van der Waals surface area contributed by atoms with Gasteiger partial charge in [0.2, 0.25) is 0 Å². The molecule has 0 saturated carbocycles. The van der Waals surface area contributed by atoms with Crippen molar-refractivity contribution in [3.8, 4) is 11.5 Å². The van der Waals surface area contributed by atoms with Crippen molar-refractivity contribution in [2.45, 2.75) is 18.6 Å². The Balaban J connectivity index is 1.89. The maximum absolute atomic E-state index is 11.0. The summed E-state index contributed by atoms with van der Waals surface area (Å²) >= 11 is 14.6. The van der Waals surface area contributed by atoms with Crippen LogP contribution >= 0.6 is 45.8 Å². The summed E-state index contributed by atoms with van der Waals surface area (Å²) in [6.07, 6.45) is -0.319. The molecule has 0 aliphatic heterocycles. The predicted octanol–water partition coefficient (Wildman–Crippen LogP) is 6.89. The van der Waals surface area contributed by atoms with Gasteiger partial charge in [0.05, 0.1) is 36.4 Å². The van der Waals surface area contributed by atoms with E-state index in [1.807, 2.05) is 42.5 Å². The molecule has 30 heavy (non-hydrogen) atoms. The summed E-state index contributed by atoms with van der Waals surface area (Å²) in [5.74, 6) is 1.19. The lowest BCUT2D eigenvalue weighted by molar-refractivity contribution is 0.160. The highest BCUT2D eigenvalue weighted by molar-refractivity contribution is 14.1. The van der Waals surface area contributed by atoms with Crippen LogP contribution in [0, 0.1) is 3.57 Å². The third-order valence-electron chi connectivity index (χ3n) is 4.78. The second-order valence-electron chi connectivity index (χ2n) is 6.74. The minimum atomic E-state index is -0.736. The van der Waals surface area contributed by atoms with Crippen molar-refractivity contribution >= 4 is 51.5 Å². The van der Waals surface area contributed by atoms with E-state index in [0.29, 0.717) is 28.0 Å². The standard InChI is InChI=1S/C23H22Cl2INO3/c1-29-22-10-4-15(12-23(22)30-2)21(28)13-20(14-3-9-18(24)19(25)11-14)27-17-7-5-16(26)6-8-17/h3-12,20-21,27-28H,13H2,1-2H3. The van der Waals surface area contributed by atoms with Gasteiger partial charge in [-0.3, -0.25) is 0 Å². The number of halogens is 3. The number of aliphatic hydroxyl groups excluding tert-OH is 1. The van der Waals surface area contributed by atoms with Gasteiger partial charge in [0.1, 0.15) is 0 Å². The maximum atomic E-state index is 11.0. The number of ether oxygens (including phenoxy) is 2. The molecule has 4 nitrogen and oxygen atoms in total. The van der Waals surface area contributed by atoms with Crippen LogP contribution in [0.2, 0.25) is 10.0 Å². The highest BCUT2D eigenvalue weighted by Crippen LogP contribution is 2.36. The largest absolute Gasteiger partial charge is 0.493 e. The average Bonchev–Trinajstić information content (AvgIpc) is 2.76. The van der Waals surface area contributed by atoms with E-state index >= 15 is 0 Å². The molecule has 0 aliphatic carbocycles. The van der Waals surface area contributed by atoms with Crippen molar-refractivity contribution in [2.24, 2.45) is 0 Å². The molecule has 0 aliphatic rings. The van der Waals surface area contributed by atoms with Gasteiger partial charge in [-0.1, -0.05) is 35.3 Å². The van der Waals surface area contributed by atoms with Gasteiger partial charge in [-0.2, -0.15) is 0 Å². The predicted molar refractivity (Wildman–Crippen MR) is 131 cm³/mol. The Morgan fingerprint density at radius 2 is 1.53 bits per heavy atom. The summed E-state index contributed by atoms with van der Waals surface area (Å²) in [5.41, 5.74) is 2.62. The zero-order valence-corrected chi connectivity index (χ0v) is 20.2. The molecule has 3 aromatic rings. The first-order chi connectivity index (χ1) is 14.4. The monoisotopic (exact) mass is 557 g/mol. The van der Waals surface area contributed by atoms with Crippen molar-refractivity contribution in [3.05, 3.63) is 85.4 Å². The number of benzene rings is 3. The lowest BCUT2D eigenvalue weighted by Crippen LogP contribution is -2.15. The Labute approximate surface area is 200 Å². The highest BCUT2D eigenvalue weighted by Gasteiger charge is 2.20. The van der Waals surface area contributed by atoms with E-state index in [4.69, 9.17) is 32.7 Å². The molecule has 2 unspecified atom stereocenters. The van der Waals surface area contributed by atoms with Gasteiger partial charge in [-0.05, 0) is 82.2 Å². The Hall–Kier alpha value is -1.67. The normalized spacial score (nSPS) is 12.9. The number of aliphatic hydroxyl groups is 1. The lowest BCUT2D eigenvalue weighted by Gasteiger charge is -2.24. The summed E-state index contributed by atoms with van der Waals surface area (Å²) in [5, 5.41) is 15.5. The summed E-state index contributed by atoms with van der Waals surface area (Å²) in [7, 11) is 3.16. The molecule has 0 heterocycles. The number of nitrogens with one attached hydrogen (secondary N) is 1. The van der Waals surface area contributed by atoms with E-state index < -0.39 is 6.10 Å². The van der Waals surface area contributed by atoms with Gasteiger partial charge >= 0.3 is 0 Å². The molecule has 0 fully saturated rings. The molecule has 3 rings (SSSR count). The summed E-state index contributed by atoms with van der Waals surface area (Å²) in [6.45, 7) is 0. The molecule has 158 valence electrons. The van der Waals surface area contributed by atoms with Crippen molar-refractivity contribution in [1.29, 1.82) is 0 Å². The fourth-order valence-corrected chi connectivity index (χ4v) is 3.84. The van der Waals surface area contributed by atoms with Crippen LogP contribution in [0.5, 0.6) is 11.5 Å². The van der Waals surface area contributed by atoms with Crippen molar-refractivity contribution in [2.75, 3.05) is 19.5 Å². The minimum absolute atomic E-state index is 0.192. The maximum Gasteiger partial charge on any atom is 0.161 e. The second-order valence-corrected chi connectivity index (χ2v) is 8.80. The molecule has 3 aromatic carbocycles. The Morgan fingerprint density at radius 3 is 2.17 bits per heavy atom. The first-order valence-electron chi connectivity index (χ1n) is 9.28. The third kappa shape index (κ3) is 5.72. The SMILES string of the molecule is COc1ccc(C(O)CC(Nc2ccc(I)cc2)c2ccc(Cl)c(Cl)c2)cc1OC. The molecular formula is C23H22Cl2INO3. The third-order valence-corrected chi connectivity index (χ3v) is 6.24. The molecule has 0 bridgehead atoms. The van der Waals surface area contributed by atoms with Gasteiger partial charge < -0.3 is 19.9 Å². The lowest BCUT2D eigenvalue weighted by atomic mass is 9.96. The first kappa shape index (κ1) is 23.0. The second kappa shape index (κ2) is 10.6. The molecule has 2 atom stereocenters. The van der Waals surface area contributed by atoms with E-state index in [0.717, 1.165) is 20.4 Å². The summed E-state index contributed by atoms with van der Waals surface area (Å²) in [6, 6.07) is 18.8. The van der Waals surface area contributed by atoms with Crippen molar-refractivity contribution < 1.29 is 14.6 Å². The van der Waals surface area contributed by atoms with Gasteiger partial charge in [0.25, 0.3) is 0 Å². The van der Waals surface area contributed by atoms with Crippen molar-refractivity contribution in [3.63, 3.8) is 0 Å². The molecule has 2 N–H and O–H groups in total. The number of methoxy groups -OCH3 is 2. The Kier molecular flexibility index (Phi) is 8.11. The molecule has 0 saturated heterocycles. The van der Waals surface area contributed by atoms with Gasteiger partial charge in [-0.15, -0.1) is 0 Å². The van der Waals surface area contributed by atoms with Crippen LogP contribution in [0.4, 0.5) is 5.69 Å². The molecule has 0 aromatic heterocycles. The van der Waals surface area contributed by atoms with Crippen molar-refractivity contribution in [1.82, 2.24) is 0 Å². The van der Waals surface area contributed by atoms with Crippen LogP contribution in [-0.4, -0.2) is 19.3 Å². The number of rotatable bonds is 8. The van der Waals surface area contributed by atoms with E-state index in [-0.39, 0.29) is 6.04 Å². The topological polar surface area (TPSA) is 50.7 Å². The fraction of sp³-hybridized carbons (Fsp3) is 0.217. The van der Waals surface area contributed by atoms with Gasteiger partial charge in [-0.25, -0.2) is 0 Å². The van der Waals surface area contributed by atoms with Crippen LogP contribution in [0.15, 0.2) is 60.7 Å². The summed E-state index contributed by atoms with van der Waals surface area (Å²) in [4.78, 5) is 0. The quantitative estimate of drug-likeness (QED) is 0.296. The zero-order valence-electron chi connectivity index (χ0n) is 16.5. The van der Waals surface area contributed by atoms with E-state index in [1.165, 1.54) is 0 Å². The number of anilines is 1. The van der Waals surface area contributed by atoms with Gasteiger partial charge in [0, 0.05) is 15.7 Å². The first-order valence-corrected chi connectivity index (χ1v) is 11.1. The number of hydrogen-bond acceptors (Lipinski definition) is 4. The van der Waals surface area contributed by atoms with E-state index in [2.05, 4.69) is 27.9 Å². The Bertz CT molecular complexity index is 998. The highest BCUT2D eigenvalue weighted by atomic mass is 127. The molecule has 7 heteroatoms. The van der Waals surface area contributed by atoms with Crippen LogP contribution in [0.3, 0.4) is 0 Å². The molecular weight excluding hydrogens is 536 g/mol. The van der Waals surface area contributed by atoms with Crippen LogP contribution in [0.1, 0.15) is 29.7 Å². The number of hydrogen-bond donors (Lipinski definition) is 2. The van der Waals surface area contributed by atoms with E-state index in [9.17, 15) is 5.11 Å². The molecule has 0 spiro atoms. The fourth-order valence-electron chi connectivity index (χ4n) is 3.17. The summed E-state index contributed by atoms with van der Waals surface area (Å²) < 4.78 is 11.8. The van der Waals surface area contributed by atoms with Crippen LogP contribution in [-0.2, 0) is 0 Å².